The van der Waals surface area contributed by atoms with Crippen molar-refractivity contribution in [3.05, 3.63) is 35.2 Å². The van der Waals surface area contributed by atoms with Crippen LogP contribution in [-0.2, 0) is 7.05 Å². The number of anilines is 2. The highest BCUT2D eigenvalue weighted by Crippen LogP contribution is 2.18. The van der Waals surface area contributed by atoms with E-state index in [4.69, 9.17) is 12.2 Å². The Labute approximate surface area is 112 Å². The lowest BCUT2D eigenvalue weighted by Crippen LogP contribution is -2.19. The van der Waals surface area contributed by atoms with Crippen molar-refractivity contribution in [2.24, 2.45) is 7.05 Å². The SMILES string of the molecule is Cn1cc(NC(=S)Nc2ncccc2Br)cn1. The summed E-state index contributed by atoms with van der Waals surface area (Å²) < 4.78 is 2.55. The van der Waals surface area contributed by atoms with Gasteiger partial charge in [-0.05, 0) is 40.3 Å². The highest BCUT2D eigenvalue weighted by atomic mass is 79.9. The van der Waals surface area contributed by atoms with E-state index >= 15 is 0 Å². The monoisotopic (exact) mass is 311 g/mol. The fourth-order valence-electron chi connectivity index (χ4n) is 1.23. The van der Waals surface area contributed by atoms with Crippen LogP contribution < -0.4 is 10.6 Å². The van der Waals surface area contributed by atoms with E-state index in [0.29, 0.717) is 10.9 Å². The normalized spacial score (nSPS) is 10.0. The Balaban J connectivity index is 2.01. The van der Waals surface area contributed by atoms with Crippen molar-refractivity contribution in [3.63, 3.8) is 0 Å². The van der Waals surface area contributed by atoms with Gasteiger partial charge in [0.15, 0.2) is 5.11 Å². The summed E-state index contributed by atoms with van der Waals surface area (Å²) in [6.07, 6.45) is 5.22. The van der Waals surface area contributed by atoms with Crippen molar-refractivity contribution in [3.8, 4) is 0 Å². The van der Waals surface area contributed by atoms with E-state index in [2.05, 4.69) is 36.6 Å². The molecule has 0 aliphatic rings. The summed E-state index contributed by atoms with van der Waals surface area (Å²) in [4.78, 5) is 4.16. The maximum Gasteiger partial charge on any atom is 0.176 e. The Morgan fingerprint density at radius 1 is 1.47 bits per heavy atom. The molecule has 5 nitrogen and oxygen atoms in total. The van der Waals surface area contributed by atoms with Gasteiger partial charge in [-0.3, -0.25) is 4.68 Å². The number of hydrogen-bond acceptors (Lipinski definition) is 3. The van der Waals surface area contributed by atoms with Gasteiger partial charge in [0.25, 0.3) is 0 Å². The zero-order valence-corrected chi connectivity index (χ0v) is 11.4. The molecule has 0 amide bonds. The first-order chi connectivity index (χ1) is 8.15. The Bertz CT molecular complexity index is 539. The number of pyridine rings is 1. The van der Waals surface area contributed by atoms with Gasteiger partial charge < -0.3 is 10.6 Å². The lowest BCUT2D eigenvalue weighted by Gasteiger charge is -2.08. The van der Waals surface area contributed by atoms with Gasteiger partial charge in [-0.25, -0.2) is 4.98 Å². The van der Waals surface area contributed by atoms with Gasteiger partial charge in [-0.2, -0.15) is 5.10 Å². The third kappa shape index (κ3) is 3.24. The molecule has 2 aromatic heterocycles. The summed E-state index contributed by atoms with van der Waals surface area (Å²) >= 11 is 8.55. The number of hydrogen-bond donors (Lipinski definition) is 2. The molecule has 0 aromatic carbocycles. The molecule has 7 heteroatoms. The zero-order valence-electron chi connectivity index (χ0n) is 9.01. The quantitative estimate of drug-likeness (QED) is 0.834. The van der Waals surface area contributed by atoms with Crippen LogP contribution in [0.1, 0.15) is 0 Å². The van der Waals surface area contributed by atoms with E-state index in [0.717, 1.165) is 10.2 Å². The summed E-state index contributed by atoms with van der Waals surface area (Å²) in [5.41, 5.74) is 0.831. The third-order valence-corrected chi connectivity index (χ3v) is 2.80. The lowest BCUT2D eigenvalue weighted by atomic mass is 10.5. The van der Waals surface area contributed by atoms with E-state index < -0.39 is 0 Å². The van der Waals surface area contributed by atoms with Crippen molar-refractivity contribution >= 4 is 44.8 Å². The molecule has 2 heterocycles. The average molecular weight is 312 g/mol. The molecule has 88 valence electrons. The van der Waals surface area contributed by atoms with Crippen LogP contribution >= 0.6 is 28.1 Å². The minimum atomic E-state index is 0.470. The van der Waals surface area contributed by atoms with Gasteiger partial charge in [0.2, 0.25) is 0 Å². The minimum absolute atomic E-state index is 0.470. The Morgan fingerprint density at radius 2 is 2.29 bits per heavy atom. The standard InChI is InChI=1S/C10H10BrN5S/c1-16-6-7(5-13-16)14-10(17)15-9-8(11)3-2-4-12-9/h2-6H,1H3,(H2,12,14,15,17). The minimum Gasteiger partial charge on any atom is -0.330 e. The first-order valence-electron chi connectivity index (χ1n) is 4.82. The number of thiocarbonyl (C=S) groups is 1. The van der Waals surface area contributed by atoms with Crippen LogP contribution in [0.25, 0.3) is 0 Å². The number of nitrogens with zero attached hydrogens (tertiary/aromatic N) is 3. The topological polar surface area (TPSA) is 54.8 Å². The molecule has 0 radical (unpaired) electrons. The highest BCUT2D eigenvalue weighted by Gasteiger charge is 2.03. The van der Waals surface area contributed by atoms with Gasteiger partial charge in [0, 0.05) is 19.4 Å². The molecule has 0 bridgehead atoms. The predicted octanol–water partition coefficient (Wildman–Crippen LogP) is 2.39. The molecule has 2 aromatic rings. The number of aromatic nitrogens is 3. The summed E-state index contributed by atoms with van der Waals surface area (Å²) in [7, 11) is 1.84. The Morgan fingerprint density at radius 3 is 2.94 bits per heavy atom. The maximum atomic E-state index is 5.17. The molecular weight excluding hydrogens is 302 g/mol. The van der Waals surface area contributed by atoms with E-state index in [1.807, 2.05) is 25.4 Å². The number of aryl methyl sites for hydroxylation is 1. The van der Waals surface area contributed by atoms with Gasteiger partial charge in [0.05, 0.1) is 16.4 Å². The van der Waals surface area contributed by atoms with Crippen molar-refractivity contribution in [1.29, 1.82) is 0 Å². The lowest BCUT2D eigenvalue weighted by molar-refractivity contribution is 0.768. The van der Waals surface area contributed by atoms with E-state index in [1.165, 1.54) is 0 Å². The van der Waals surface area contributed by atoms with Crippen molar-refractivity contribution in [2.45, 2.75) is 0 Å². The van der Waals surface area contributed by atoms with Crippen molar-refractivity contribution < 1.29 is 0 Å². The second kappa shape index (κ2) is 5.24. The van der Waals surface area contributed by atoms with Crippen LogP contribution in [0.2, 0.25) is 0 Å². The summed E-state index contributed by atoms with van der Waals surface area (Å²) in [6.45, 7) is 0. The first kappa shape index (κ1) is 12.0. The van der Waals surface area contributed by atoms with Crippen molar-refractivity contribution in [1.82, 2.24) is 14.8 Å². The highest BCUT2D eigenvalue weighted by molar-refractivity contribution is 9.10. The van der Waals surface area contributed by atoms with Gasteiger partial charge in [-0.1, -0.05) is 0 Å². The zero-order chi connectivity index (χ0) is 12.3. The first-order valence-corrected chi connectivity index (χ1v) is 6.02. The summed E-state index contributed by atoms with van der Waals surface area (Å²) in [6, 6.07) is 3.73. The molecule has 0 atom stereocenters. The molecule has 0 saturated heterocycles. The van der Waals surface area contributed by atoms with Gasteiger partial charge in [-0.15, -0.1) is 0 Å². The predicted molar refractivity (Wildman–Crippen MR) is 75.0 cm³/mol. The van der Waals surface area contributed by atoms with E-state index in [1.54, 1.807) is 17.1 Å². The van der Waals surface area contributed by atoms with Crippen LogP contribution in [0.3, 0.4) is 0 Å². The Hall–Kier alpha value is -1.47. The molecule has 2 N–H and O–H groups in total. The second-order valence-corrected chi connectivity index (χ2v) is 4.58. The fourth-order valence-corrected chi connectivity index (χ4v) is 1.80. The number of nitrogens with one attached hydrogen (secondary N) is 2. The van der Waals surface area contributed by atoms with Crippen LogP contribution in [-0.4, -0.2) is 19.9 Å². The molecule has 0 spiro atoms. The molecule has 17 heavy (non-hydrogen) atoms. The van der Waals surface area contributed by atoms with E-state index in [-0.39, 0.29) is 0 Å². The fraction of sp³-hybridized carbons (Fsp3) is 0.100. The van der Waals surface area contributed by atoms with Crippen LogP contribution in [0, 0.1) is 0 Å². The molecule has 0 aliphatic carbocycles. The van der Waals surface area contributed by atoms with Crippen LogP contribution in [0.4, 0.5) is 11.5 Å². The molecule has 2 rings (SSSR count). The summed E-state index contributed by atoms with van der Waals surface area (Å²) in [5, 5.41) is 10.5. The summed E-state index contributed by atoms with van der Waals surface area (Å²) in [5.74, 6) is 0.675. The molecule has 0 unspecified atom stereocenters. The largest absolute Gasteiger partial charge is 0.330 e. The third-order valence-electron chi connectivity index (χ3n) is 1.95. The molecule has 0 fully saturated rings. The average Bonchev–Trinajstić information content (AvgIpc) is 2.67. The molecule has 0 aliphatic heterocycles. The number of halogens is 1. The van der Waals surface area contributed by atoms with E-state index in [9.17, 15) is 0 Å². The number of rotatable bonds is 2. The van der Waals surface area contributed by atoms with Gasteiger partial charge in [0.1, 0.15) is 5.82 Å². The second-order valence-electron chi connectivity index (χ2n) is 3.32. The van der Waals surface area contributed by atoms with Crippen molar-refractivity contribution in [2.75, 3.05) is 10.6 Å². The van der Waals surface area contributed by atoms with Gasteiger partial charge >= 0.3 is 0 Å². The van der Waals surface area contributed by atoms with Crippen LogP contribution in [0.5, 0.6) is 0 Å². The Kier molecular flexibility index (Phi) is 3.70. The van der Waals surface area contributed by atoms with Crippen LogP contribution in [0.15, 0.2) is 35.2 Å². The molecule has 0 saturated carbocycles. The molecular formula is C10H10BrN5S. The maximum absolute atomic E-state index is 5.17. The smallest absolute Gasteiger partial charge is 0.176 e.